The number of allylic oxidation sites excluding steroid dienone is 2. The van der Waals surface area contributed by atoms with Crippen LogP contribution in [-0.4, -0.2) is 25.2 Å². The second-order valence-electron chi connectivity index (χ2n) is 7.86. The number of hydrogen-bond acceptors (Lipinski definition) is 4. The molecule has 34 heavy (non-hydrogen) atoms. The van der Waals surface area contributed by atoms with E-state index in [0.717, 1.165) is 56.2 Å². The van der Waals surface area contributed by atoms with Gasteiger partial charge in [-0.3, -0.25) is 0 Å². The first kappa shape index (κ1) is 27.2. The zero-order valence-corrected chi connectivity index (χ0v) is 19.4. The molecular formula is C27H31F3O4. The van der Waals surface area contributed by atoms with Crippen LogP contribution in [0, 0.1) is 0 Å². The Kier molecular flexibility index (Phi) is 11.4. The van der Waals surface area contributed by atoms with E-state index < -0.39 is 17.7 Å². The normalized spacial score (nSPS) is 11.5. The third kappa shape index (κ3) is 9.81. The van der Waals surface area contributed by atoms with E-state index in [1.807, 2.05) is 12.1 Å². The van der Waals surface area contributed by atoms with Crippen LogP contribution in [-0.2, 0) is 22.1 Å². The summed E-state index contributed by atoms with van der Waals surface area (Å²) in [4.78, 5) is 23.6. The fourth-order valence-electron chi connectivity index (χ4n) is 3.29. The standard InChI is InChI=1S/C27H31F3O4/c1-2-33-25(31)22-17-15-21(16-18-22)12-9-7-5-3-4-6-8-10-19-34-26(32)23-13-11-14-24(20-23)27(28,29)30/h7,9,11,13-18,20H,2-6,8,10,12,19H2,1H3/b9-7+. The van der Waals surface area contributed by atoms with Crippen LogP contribution in [0.5, 0.6) is 0 Å². The summed E-state index contributed by atoms with van der Waals surface area (Å²) in [6, 6.07) is 11.7. The number of esters is 2. The average Bonchev–Trinajstić information content (AvgIpc) is 2.82. The van der Waals surface area contributed by atoms with Crippen molar-refractivity contribution in [2.24, 2.45) is 0 Å². The second kappa shape index (κ2) is 14.2. The van der Waals surface area contributed by atoms with E-state index in [9.17, 15) is 22.8 Å². The fourth-order valence-corrected chi connectivity index (χ4v) is 3.29. The number of ether oxygens (including phenoxy) is 2. The van der Waals surface area contributed by atoms with Crippen molar-refractivity contribution in [1.82, 2.24) is 0 Å². The van der Waals surface area contributed by atoms with E-state index in [4.69, 9.17) is 9.47 Å². The van der Waals surface area contributed by atoms with E-state index in [2.05, 4.69) is 12.2 Å². The number of carbonyl (C=O) groups is 2. The summed E-state index contributed by atoms with van der Waals surface area (Å²) in [6.07, 6.45) is 6.26. The highest BCUT2D eigenvalue weighted by atomic mass is 19.4. The molecule has 2 rings (SSSR count). The predicted octanol–water partition coefficient (Wildman–Crippen LogP) is 7.18. The average molecular weight is 477 g/mol. The van der Waals surface area contributed by atoms with Crippen LogP contribution in [0.1, 0.15) is 77.3 Å². The van der Waals surface area contributed by atoms with Crippen LogP contribution in [0.2, 0.25) is 0 Å². The summed E-state index contributed by atoms with van der Waals surface area (Å²) in [5.41, 5.74) is 0.739. The van der Waals surface area contributed by atoms with Gasteiger partial charge < -0.3 is 9.47 Å². The molecular weight excluding hydrogens is 445 g/mol. The highest BCUT2D eigenvalue weighted by Crippen LogP contribution is 2.29. The van der Waals surface area contributed by atoms with Gasteiger partial charge in [-0.1, -0.05) is 49.6 Å². The van der Waals surface area contributed by atoms with Crippen LogP contribution < -0.4 is 0 Å². The summed E-state index contributed by atoms with van der Waals surface area (Å²) in [7, 11) is 0. The summed E-state index contributed by atoms with van der Waals surface area (Å²) >= 11 is 0. The number of rotatable bonds is 13. The maximum absolute atomic E-state index is 12.7. The Bertz CT molecular complexity index is 934. The van der Waals surface area contributed by atoms with Gasteiger partial charge in [-0.25, -0.2) is 9.59 Å². The Hall–Kier alpha value is -3.09. The van der Waals surface area contributed by atoms with Gasteiger partial charge in [0.2, 0.25) is 0 Å². The number of hydrogen-bond donors (Lipinski definition) is 0. The van der Waals surface area contributed by atoms with Gasteiger partial charge in [0.05, 0.1) is 29.9 Å². The molecule has 2 aromatic carbocycles. The molecule has 0 N–H and O–H groups in total. The van der Waals surface area contributed by atoms with Gasteiger partial charge in [0.25, 0.3) is 0 Å². The third-order valence-corrected chi connectivity index (χ3v) is 5.16. The Morgan fingerprint density at radius 2 is 1.50 bits per heavy atom. The lowest BCUT2D eigenvalue weighted by molar-refractivity contribution is -0.137. The van der Waals surface area contributed by atoms with Gasteiger partial charge in [-0.05, 0) is 68.5 Å². The lowest BCUT2D eigenvalue weighted by Gasteiger charge is -2.09. The molecule has 0 atom stereocenters. The minimum atomic E-state index is -4.48. The van der Waals surface area contributed by atoms with Crippen LogP contribution in [0.4, 0.5) is 13.2 Å². The van der Waals surface area contributed by atoms with E-state index in [-0.39, 0.29) is 18.1 Å². The molecule has 0 aliphatic rings. The third-order valence-electron chi connectivity index (χ3n) is 5.16. The van der Waals surface area contributed by atoms with Gasteiger partial charge in [-0.2, -0.15) is 13.2 Å². The highest BCUT2D eigenvalue weighted by Gasteiger charge is 2.31. The van der Waals surface area contributed by atoms with Crippen LogP contribution in [0.25, 0.3) is 0 Å². The fraction of sp³-hybridized carbons (Fsp3) is 0.407. The van der Waals surface area contributed by atoms with Crippen LogP contribution in [0.3, 0.4) is 0 Å². The van der Waals surface area contributed by atoms with Gasteiger partial charge in [-0.15, -0.1) is 0 Å². The Morgan fingerprint density at radius 1 is 0.824 bits per heavy atom. The summed E-state index contributed by atoms with van der Waals surface area (Å²) in [5.74, 6) is -1.04. The van der Waals surface area contributed by atoms with Gasteiger partial charge in [0.15, 0.2) is 0 Å². The molecule has 0 unspecified atom stereocenters. The van der Waals surface area contributed by atoms with Crippen molar-refractivity contribution in [2.75, 3.05) is 13.2 Å². The number of benzene rings is 2. The molecule has 0 saturated carbocycles. The Morgan fingerprint density at radius 3 is 2.21 bits per heavy atom. The zero-order chi connectivity index (χ0) is 24.8. The molecule has 0 aromatic heterocycles. The van der Waals surface area contributed by atoms with Crippen molar-refractivity contribution in [3.8, 4) is 0 Å². The number of unbranched alkanes of at least 4 members (excludes halogenated alkanes) is 5. The minimum absolute atomic E-state index is 0.0865. The topological polar surface area (TPSA) is 52.6 Å². The molecule has 4 nitrogen and oxygen atoms in total. The second-order valence-corrected chi connectivity index (χ2v) is 7.86. The molecule has 0 bridgehead atoms. The van der Waals surface area contributed by atoms with Crippen molar-refractivity contribution < 1.29 is 32.2 Å². The molecule has 0 saturated heterocycles. The number of carbonyl (C=O) groups excluding carboxylic acids is 2. The maximum Gasteiger partial charge on any atom is 0.416 e. The zero-order valence-electron chi connectivity index (χ0n) is 19.4. The van der Waals surface area contributed by atoms with E-state index in [1.54, 1.807) is 19.1 Å². The monoisotopic (exact) mass is 476 g/mol. The van der Waals surface area contributed by atoms with E-state index in [0.29, 0.717) is 18.6 Å². The highest BCUT2D eigenvalue weighted by molar-refractivity contribution is 5.90. The molecule has 0 fully saturated rings. The number of alkyl halides is 3. The Labute approximate surface area is 198 Å². The molecule has 0 aliphatic carbocycles. The van der Waals surface area contributed by atoms with E-state index in [1.165, 1.54) is 12.1 Å². The van der Waals surface area contributed by atoms with Gasteiger partial charge >= 0.3 is 18.1 Å². The lowest BCUT2D eigenvalue weighted by Crippen LogP contribution is -2.10. The van der Waals surface area contributed by atoms with Gasteiger partial charge in [0.1, 0.15) is 0 Å². The summed E-state index contributed by atoms with van der Waals surface area (Å²) < 4.78 is 48.2. The molecule has 0 aliphatic heterocycles. The number of halogens is 3. The van der Waals surface area contributed by atoms with E-state index >= 15 is 0 Å². The van der Waals surface area contributed by atoms with Crippen LogP contribution >= 0.6 is 0 Å². The quantitative estimate of drug-likeness (QED) is 0.175. The molecule has 0 spiro atoms. The smallest absolute Gasteiger partial charge is 0.416 e. The van der Waals surface area contributed by atoms with Crippen molar-refractivity contribution in [3.63, 3.8) is 0 Å². The molecule has 184 valence electrons. The van der Waals surface area contributed by atoms with Crippen molar-refractivity contribution >= 4 is 11.9 Å². The van der Waals surface area contributed by atoms with Crippen LogP contribution in [0.15, 0.2) is 60.7 Å². The molecule has 0 heterocycles. The first-order valence-electron chi connectivity index (χ1n) is 11.6. The summed E-state index contributed by atoms with van der Waals surface area (Å²) in [5, 5.41) is 0. The lowest BCUT2D eigenvalue weighted by atomic mass is 10.1. The molecule has 2 aromatic rings. The molecule has 0 radical (unpaired) electrons. The molecule has 0 amide bonds. The maximum atomic E-state index is 12.7. The SMILES string of the molecule is CCOC(=O)c1ccc(C/C=C/CCCCCCCOC(=O)c2cccc(C(F)(F)F)c2)cc1. The molecule has 7 heteroatoms. The minimum Gasteiger partial charge on any atom is -0.462 e. The first-order valence-corrected chi connectivity index (χ1v) is 11.6. The first-order chi connectivity index (χ1) is 16.3. The van der Waals surface area contributed by atoms with Gasteiger partial charge in [0, 0.05) is 0 Å². The van der Waals surface area contributed by atoms with Crippen molar-refractivity contribution in [3.05, 3.63) is 82.9 Å². The van der Waals surface area contributed by atoms with Crippen molar-refractivity contribution in [2.45, 2.75) is 58.0 Å². The predicted molar refractivity (Wildman–Crippen MR) is 125 cm³/mol. The summed E-state index contributed by atoms with van der Waals surface area (Å²) in [6.45, 7) is 2.34. The Balaban J connectivity index is 1.52. The van der Waals surface area contributed by atoms with Crippen molar-refractivity contribution in [1.29, 1.82) is 0 Å². The largest absolute Gasteiger partial charge is 0.462 e.